The van der Waals surface area contributed by atoms with Gasteiger partial charge in [-0.15, -0.1) is 0 Å². The van der Waals surface area contributed by atoms with Crippen molar-refractivity contribution in [2.24, 2.45) is 22.7 Å². The summed E-state index contributed by atoms with van der Waals surface area (Å²) in [7, 11) is 2.23. The number of rotatable bonds is 2. The van der Waals surface area contributed by atoms with Crippen LogP contribution in [0, 0.1) is 34.5 Å². The van der Waals surface area contributed by atoms with Crippen molar-refractivity contribution in [1.82, 2.24) is 4.90 Å². The van der Waals surface area contributed by atoms with Gasteiger partial charge in [0, 0.05) is 23.2 Å². The van der Waals surface area contributed by atoms with E-state index in [1.54, 1.807) is 5.57 Å². The molecule has 5 atom stereocenters. The number of ketones is 1. The van der Waals surface area contributed by atoms with Crippen LogP contribution in [0.2, 0.25) is 0 Å². The molecule has 6 rings (SSSR count). The topological polar surface area (TPSA) is 40.5 Å². The summed E-state index contributed by atoms with van der Waals surface area (Å²) < 4.78 is 0. The Labute approximate surface area is 236 Å². The fourth-order valence-electron chi connectivity index (χ4n) is 8.80. The number of allylic oxidation sites excluding steroid dienone is 4. The van der Waals surface area contributed by atoms with Crippen molar-refractivity contribution in [2.75, 3.05) is 20.1 Å². The zero-order valence-electron chi connectivity index (χ0n) is 24.8. The molecule has 0 spiro atoms. The molecule has 1 aliphatic heterocycles. The van der Waals surface area contributed by atoms with Gasteiger partial charge in [-0.2, -0.15) is 0 Å². The average Bonchev–Trinajstić information content (AvgIpc) is 3.17. The minimum absolute atomic E-state index is 0.131. The molecule has 0 unspecified atom stereocenters. The predicted octanol–water partition coefficient (Wildman–Crippen LogP) is 7.18. The second-order valence-electron chi connectivity index (χ2n) is 14.6. The minimum Gasteiger partial charge on any atom is -0.377 e. The number of hydrogen-bond acceptors (Lipinski definition) is 3. The minimum atomic E-state index is -0.952. The SMILES string of the molecule is CN1CCC(c2ccc([C@H]3C[C@@]4(C)[C@@H](CC[C@@]4(O)C#CC(C)(C)C)[C@@H]4CCC5=CC(=O)CCC5=C43)cc2)CC1. The van der Waals surface area contributed by atoms with Crippen molar-refractivity contribution in [3.8, 4) is 11.8 Å². The third-order valence-corrected chi connectivity index (χ3v) is 11.1. The Kier molecular flexibility index (Phi) is 6.76. The molecule has 3 nitrogen and oxygen atoms in total. The number of benzene rings is 1. The Morgan fingerprint density at radius 2 is 1.67 bits per heavy atom. The third kappa shape index (κ3) is 4.76. The van der Waals surface area contributed by atoms with E-state index in [2.05, 4.69) is 75.7 Å². The Hall–Kier alpha value is -2.15. The lowest BCUT2D eigenvalue weighted by atomic mass is 9.51. The zero-order chi connectivity index (χ0) is 27.6. The highest BCUT2D eigenvalue weighted by molar-refractivity contribution is 5.93. The number of nitrogens with zero attached hydrogens (tertiary/aromatic N) is 1. The van der Waals surface area contributed by atoms with Gasteiger partial charge in [0.1, 0.15) is 5.60 Å². The molecule has 1 heterocycles. The van der Waals surface area contributed by atoms with Crippen LogP contribution < -0.4 is 0 Å². The molecule has 208 valence electrons. The van der Waals surface area contributed by atoms with Crippen LogP contribution in [0.15, 0.2) is 47.1 Å². The van der Waals surface area contributed by atoms with E-state index in [0.29, 0.717) is 30.0 Å². The highest BCUT2D eigenvalue weighted by Gasteiger charge is 2.62. The van der Waals surface area contributed by atoms with E-state index in [0.717, 1.165) is 38.5 Å². The predicted molar refractivity (Wildman–Crippen MR) is 158 cm³/mol. The first-order valence-corrected chi connectivity index (χ1v) is 15.5. The van der Waals surface area contributed by atoms with Crippen molar-refractivity contribution in [3.05, 3.63) is 58.2 Å². The van der Waals surface area contributed by atoms with Crippen LogP contribution in [0.5, 0.6) is 0 Å². The van der Waals surface area contributed by atoms with Gasteiger partial charge in [-0.05, 0) is 138 Å². The molecular formula is C36H47NO2. The van der Waals surface area contributed by atoms with Crippen LogP contribution in [0.4, 0.5) is 0 Å². The average molecular weight is 526 g/mol. The van der Waals surface area contributed by atoms with Crippen molar-refractivity contribution < 1.29 is 9.90 Å². The standard InChI is InChI=1S/C36H47NO2/c1-34(2,3)18-19-36(39)17-14-32-30-12-10-27-22-28(38)11-13-29(27)33(30)31(23-35(32,36)4)26-8-6-24(7-9-26)25-15-20-37(5)21-16-25/h6-9,22,25,30-32,39H,10-17,20-21,23H2,1-5H3/t30-,31+,32-,35-,36+/m0/s1. The van der Waals surface area contributed by atoms with E-state index in [1.807, 2.05) is 6.08 Å². The summed E-state index contributed by atoms with van der Waals surface area (Å²) in [5, 5.41) is 12.2. The maximum absolute atomic E-state index is 12.4. The van der Waals surface area contributed by atoms with Crippen LogP contribution in [-0.4, -0.2) is 41.5 Å². The lowest BCUT2D eigenvalue weighted by Gasteiger charge is -2.53. The fourth-order valence-corrected chi connectivity index (χ4v) is 8.80. The second-order valence-corrected chi connectivity index (χ2v) is 14.6. The normalized spacial score (nSPS) is 35.5. The van der Waals surface area contributed by atoms with E-state index in [9.17, 15) is 9.90 Å². The highest BCUT2D eigenvalue weighted by atomic mass is 16.3. The van der Waals surface area contributed by atoms with Gasteiger partial charge in [-0.25, -0.2) is 0 Å². The number of aliphatic hydroxyl groups is 1. The first-order chi connectivity index (χ1) is 18.5. The van der Waals surface area contributed by atoms with Gasteiger partial charge in [0.05, 0.1) is 0 Å². The summed E-state index contributed by atoms with van der Waals surface area (Å²) in [5.74, 6) is 9.00. The lowest BCUT2D eigenvalue weighted by molar-refractivity contribution is -0.114. The molecule has 0 amide bonds. The van der Waals surface area contributed by atoms with Crippen LogP contribution in [0.25, 0.3) is 0 Å². The quantitative estimate of drug-likeness (QED) is 0.416. The van der Waals surface area contributed by atoms with Crippen molar-refractivity contribution in [2.45, 2.75) is 103 Å². The lowest BCUT2D eigenvalue weighted by Crippen LogP contribution is -2.51. The summed E-state index contributed by atoms with van der Waals surface area (Å²) in [5.41, 5.74) is 5.91. The Morgan fingerprint density at radius 1 is 0.974 bits per heavy atom. The molecule has 3 heteroatoms. The first kappa shape index (κ1) is 27.0. The molecule has 39 heavy (non-hydrogen) atoms. The van der Waals surface area contributed by atoms with Gasteiger partial charge >= 0.3 is 0 Å². The Balaban J connectivity index is 1.42. The summed E-state index contributed by atoms with van der Waals surface area (Å²) >= 11 is 0. The summed E-state index contributed by atoms with van der Waals surface area (Å²) in [6.07, 6.45) is 10.8. The molecule has 0 bridgehead atoms. The maximum Gasteiger partial charge on any atom is 0.156 e. The second kappa shape index (κ2) is 9.74. The van der Waals surface area contributed by atoms with E-state index in [1.165, 1.54) is 48.2 Å². The van der Waals surface area contributed by atoms with E-state index in [4.69, 9.17) is 0 Å². The fraction of sp³-hybridized carbons (Fsp3) is 0.639. The molecule has 3 fully saturated rings. The Morgan fingerprint density at radius 3 is 2.36 bits per heavy atom. The number of likely N-dealkylation sites (tertiary alicyclic amines) is 1. The molecule has 5 aliphatic rings. The van der Waals surface area contributed by atoms with Gasteiger partial charge in [0.15, 0.2) is 5.78 Å². The molecule has 0 radical (unpaired) electrons. The molecule has 1 saturated heterocycles. The maximum atomic E-state index is 12.4. The van der Waals surface area contributed by atoms with Gasteiger partial charge in [0.25, 0.3) is 0 Å². The third-order valence-electron chi connectivity index (χ3n) is 11.1. The van der Waals surface area contributed by atoms with Crippen molar-refractivity contribution in [1.29, 1.82) is 0 Å². The summed E-state index contributed by atoms with van der Waals surface area (Å²) in [4.78, 5) is 14.8. The summed E-state index contributed by atoms with van der Waals surface area (Å²) in [6, 6.07) is 9.58. The molecule has 0 aromatic heterocycles. The van der Waals surface area contributed by atoms with E-state index in [-0.39, 0.29) is 16.7 Å². The van der Waals surface area contributed by atoms with Crippen molar-refractivity contribution >= 4 is 5.78 Å². The van der Waals surface area contributed by atoms with Crippen LogP contribution in [0.3, 0.4) is 0 Å². The smallest absolute Gasteiger partial charge is 0.156 e. The number of fused-ring (bicyclic) bond motifs is 4. The van der Waals surface area contributed by atoms with Gasteiger partial charge < -0.3 is 10.0 Å². The molecule has 1 N–H and O–H groups in total. The zero-order valence-corrected chi connectivity index (χ0v) is 24.8. The monoisotopic (exact) mass is 525 g/mol. The van der Waals surface area contributed by atoms with Crippen molar-refractivity contribution in [3.63, 3.8) is 0 Å². The Bertz CT molecular complexity index is 1260. The first-order valence-electron chi connectivity index (χ1n) is 15.5. The van der Waals surface area contributed by atoms with Crippen LogP contribution in [-0.2, 0) is 4.79 Å². The largest absolute Gasteiger partial charge is 0.377 e. The van der Waals surface area contributed by atoms with Gasteiger partial charge in [0.2, 0.25) is 0 Å². The summed E-state index contributed by atoms with van der Waals surface area (Å²) in [6.45, 7) is 11.1. The van der Waals surface area contributed by atoms with Gasteiger partial charge in [-0.1, -0.05) is 48.6 Å². The number of carbonyl (C=O) groups is 1. The van der Waals surface area contributed by atoms with E-state index >= 15 is 0 Å². The molecule has 1 aromatic rings. The number of piperidine rings is 1. The highest BCUT2D eigenvalue weighted by Crippen LogP contribution is 2.66. The molecule has 4 aliphatic carbocycles. The molecule has 2 saturated carbocycles. The van der Waals surface area contributed by atoms with Crippen LogP contribution >= 0.6 is 0 Å². The van der Waals surface area contributed by atoms with Crippen LogP contribution in [0.1, 0.15) is 108 Å². The molecular weight excluding hydrogens is 478 g/mol. The number of carbonyl (C=O) groups excluding carboxylic acids is 1. The van der Waals surface area contributed by atoms with Gasteiger partial charge in [-0.3, -0.25) is 4.79 Å². The van der Waals surface area contributed by atoms with E-state index < -0.39 is 5.60 Å². The number of hydrogen-bond donors (Lipinski definition) is 1. The molecule has 1 aromatic carbocycles.